The predicted molar refractivity (Wildman–Crippen MR) is 45.3 cm³/mol. The molecule has 63 valence electrons. The number of hydrogen-bond acceptors (Lipinski definition) is 1. The Kier molecular flexibility index (Phi) is 2.97. The molecule has 0 amide bonds. The van der Waals surface area contributed by atoms with Crippen LogP contribution in [0.3, 0.4) is 0 Å². The molecule has 12 heavy (non-hydrogen) atoms. The topological polar surface area (TPSA) is 17.1 Å². The zero-order valence-corrected chi connectivity index (χ0v) is 6.88. The monoisotopic (exact) mass is 165 g/mol. The fraction of sp³-hybridized carbons (Fsp3) is 0.200. The summed E-state index contributed by atoms with van der Waals surface area (Å²) in [6.07, 6.45) is 2.10. The van der Waals surface area contributed by atoms with E-state index in [2.05, 4.69) is 0 Å². The van der Waals surface area contributed by atoms with E-state index in [1.807, 2.05) is 6.92 Å². The molecule has 0 saturated carbocycles. The molecule has 0 spiro atoms. The molecule has 1 rings (SSSR count). The maximum absolute atomic E-state index is 12.9. The normalized spacial score (nSPS) is 9.83. The SMILES string of the molecule is CC[CH]C(=O)c1ccccc1F. The Balaban J connectivity index is 2.87. The van der Waals surface area contributed by atoms with Gasteiger partial charge in [-0.3, -0.25) is 4.79 Å². The number of hydrogen-bond donors (Lipinski definition) is 0. The summed E-state index contributed by atoms with van der Waals surface area (Å²) in [5.41, 5.74) is 0.152. The van der Waals surface area contributed by atoms with Crippen LogP contribution in [-0.2, 0) is 0 Å². The van der Waals surface area contributed by atoms with Gasteiger partial charge in [0.15, 0.2) is 5.78 Å². The summed E-state index contributed by atoms with van der Waals surface area (Å²) < 4.78 is 12.9. The molecule has 0 atom stereocenters. The molecule has 0 N–H and O–H groups in total. The van der Waals surface area contributed by atoms with Crippen molar-refractivity contribution in [2.24, 2.45) is 0 Å². The molecule has 1 radical (unpaired) electrons. The van der Waals surface area contributed by atoms with Crippen molar-refractivity contribution in [1.29, 1.82) is 0 Å². The standard InChI is InChI=1S/C10H10FO/c1-2-5-10(12)8-6-3-4-7-9(8)11/h3-7H,2H2,1H3. The fourth-order valence-corrected chi connectivity index (χ4v) is 0.956. The van der Waals surface area contributed by atoms with Crippen LogP contribution in [0.5, 0.6) is 0 Å². The molecule has 0 fully saturated rings. The highest BCUT2D eigenvalue weighted by atomic mass is 19.1. The smallest absolute Gasteiger partial charge is 0.169 e. The van der Waals surface area contributed by atoms with Crippen molar-refractivity contribution in [3.05, 3.63) is 42.1 Å². The fourth-order valence-electron chi connectivity index (χ4n) is 0.956. The number of Topliss-reactive ketones (excluding diaryl/α,β-unsaturated/α-hetero) is 1. The Bertz CT molecular complexity index is 281. The Hall–Kier alpha value is -1.18. The number of carbonyl (C=O) groups excluding carboxylic acids is 1. The van der Waals surface area contributed by atoms with Gasteiger partial charge in [-0.25, -0.2) is 4.39 Å². The van der Waals surface area contributed by atoms with Gasteiger partial charge >= 0.3 is 0 Å². The minimum Gasteiger partial charge on any atom is -0.294 e. The van der Waals surface area contributed by atoms with E-state index in [1.165, 1.54) is 18.6 Å². The molecule has 0 heterocycles. The van der Waals surface area contributed by atoms with Crippen LogP contribution in [0.4, 0.5) is 4.39 Å². The number of benzene rings is 1. The van der Waals surface area contributed by atoms with Crippen LogP contribution in [0.25, 0.3) is 0 Å². The molecule has 0 saturated heterocycles. The molecule has 1 nitrogen and oxygen atoms in total. The number of carbonyl (C=O) groups is 1. The molecular formula is C10H10FO. The van der Waals surface area contributed by atoms with Gasteiger partial charge < -0.3 is 0 Å². The van der Waals surface area contributed by atoms with E-state index in [0.717, 1.165) is 0 Å². The Labute approximate surface area is 71.2 Å². The molecule has 0 aliphatic heterocycles. The summed E-state index contributed by atoms with van der Waals surface area (Å²) in [5.74, 6) is -0.692. The van der Waals surface area contributed by atoms with E-state index in [1.54, 1.807) is 12.1 Å². The van der Waals surface area contributed by atoms with Crippen molar-refractivity contribution < 1.29 is 9.18 Å². The first-order chi connectivity index (χ1) is 5.75. The average molecular weight is 165 g/mol. The van der Waals surface area contributed by atoms with Crippen LogP contribution in [0, 0.1) is 12.2 Å². The second-order valence-electron chi connectivity index (χ2n) is 2.46. The third-order valence-corrected chi connectivity index (χ3v) is 1.53. The number of rotatable bonds is 3. The van der Waals surface area contributed by atoms with E-state index in [-0.39, 0.29) is 11.3 Å². The minimum atomic E-state index is -0.452. The Morgan fingerprint density at radius 3 is 2.75 bits per heavy atom. The van der Waals surface area contributed by atoms with Crippen molar-refractivity contribution in [2.45, 2.75) is 13.3 Å². The lowest BCUT2D eigenvalue weighted by atomic mass is 10.1. The largest absolute Gasteiger partial charge is 0.294 e. The third kappa shape index (κ3) is 1.91. The number of halogens is 1. The lowest BCUT2D eigenvalue weighted by Gasteiger charge is -1.98. The quantitative estimate of drug-likeness (QED) is 0.629. The lowest BCUT2D eigenvalue weighted by molar-refractivity contribution is 0.102. The summed E-state index contributed by atoms with van der Waals surface area (Å²) in [4.78, 5) is 11.2. The first-order valence-electron chi connectivity index (χ1n) is 3.87. The summed E-state index contributed by atoms with van der Waals surface area (Å²) >= 11 is 0. The highest BCUT2D eigenvalue weighted by Crippen LogP contribution is 2.09. The van der Waals surface area contributed by atoms with E-state index >= 15 is 0 Å². The van der Waals surface area contributed by atoms with E-state index in [0.29, 0.717) is 6.42 Å². The van der Waals surface area contributed by atoms with Crippen LogP contribution in [0.15, 0.2) is 24.3 Å². The van der Waals surface area contributed by atoms with Crippen LogP contribution in [0.2, 0.25) is 0 Å². The highest BCUT2D eigenvalue weighted by Gasteiger charge is 2.08. The van der Waals surface area contributed by atoms with Gasteiger partial charge in [0.1, 0.15) is 5.82 Å². The summed E-state index contributed by atoms with van der Waals surface area (Å²) in [6.45, 7) is 1.85. The van der Waals surface area contributed by atoms with Crippen LogP contribution in [0.1, 0.15) is 23.7 Å². The summed E-state index contributed by atoms with van der Waals surface area (Å²) in [6, 6.07) is 6.00. The number of ketones is 1. The van der Waals surface area contributed by atoms with E-state index in [4.69, 9.17) is 0 Å². The Morgan fingerprint density at radius 1 is 1.50 bits per heavy atom. The zero-order chi connectivity index (χ0) is 8.97. The van der Waals surface area contributed by atoms with Gasteiger partial charge in [0, 0.05) is 6.42 Å². The average Bonchev–Trinajstić information content (AvgIpc) is 2.05. The van der Waals surface area contributed by atoms with Crippen molar-refractivity contribution in [2.75, 3.05) is 0 Å². The molecular weight excluding hydrogens is 155 g/mol. The van der Waals surface area contributed by atoms with Gasteiger partial charge in [-0.1, -0.05) is 19.1 Å². The van der Waals surface area contributed by atoms with Gasteiger partial charge in [0.05, 0.1) is 5.56 Å². The summed E-state index contributed by atoms with van der Waals surface area (Å²) in [7, 11) is 0. The van der Waals surface area contributed by atoms with Crippen LogP contribution < -0.4 is 0 Å². The van der Waals surface area contributed by atoms with Gasteiger partial charge in [-0.15, -0.1) is 0 Å². The van der Waals surface area contributed by atoms with Crippen molar-refractivity contribution in [1.82, 2.24) is 0 Å². The maximum atomic E-state index is 12.9. The molecule has 0 unspecified atom stereocenters. The van der Waals surface area contributed by atoms with Gasteiger partial charge in [-0.2, -0.15) is 0 Å². The second-order valence-corrected chi connectivity index (χ2v) is 2.46. The van der Waals surface area contributed by atoms with E-state index < -0.39 is 5.82 Å². The first-order valence-corrected chi connectivity index (χ1v) is 3.87. The third-order valence-electron chi connectivity index (χ3n) is 1.53. The zero-order valence-electron chi connectivity index (χ0n) is 6.88. The van der Waals surface area contributed by atoms with Crippen molar-refractivity contribution >= 4 is 5.78 Å². The van der Waals surface area contributed by atoms with Crippen LogP contribution in [-0.4, -0.2) is 5.78 Å². The van der Waals surface area contributed by atoms with Crippen molar-refractivity contribution in [3.63, 3.8) is 0 Å². The van der Waals surface area contributed by atoms with Gasteiger partial charge in [-0.05, 0) is 18.6 Å². The molecule has 2 heteroatoms. The Morgan fingerprint density at radius 2 is 2.17 bits per heavy atom. The molecule has 0 bridgehead atoms. The van der Waals surface area contributed by atoms with Gasteiger partial charge in [0.25, 0.3) is 0 Å². The predicted octanol–water partition coefficient (Wildman–Crippen LogP) is 2.62. The van der Waals surface area contributed by atoms with Gasteiger partial charge in [0.2, 0.25) is 0 Å². The maximum Gasteiger partial charge on any atom is 0.169 e. The molecule has 1 aromatic rings. The van der Waals surface area contributed by atoms with E-state index in [9.17, 15) is 9.18 Å². The molecule has 0 aromatic heterocycles. The van der Waals surface area contributed by atoms with Crippen LogP contribution >= 0.6 is 0 Å². The molecule has 1 aromatic carbocycles. The lowest BCUT2D eigenvalue weighted by Crippen LogP contribution is -2.01. The first kappa shape index (κ1) is 8.91. The van der Waals surface area contributed by atoms with Crippen molar-refractivity contribution in [3.8, 4) is 0 Å². The highest BCUT2D eigenvalue weighted by molar-refractivity contribution is 6.02. The molecule has 0 aliphatic carbocycles. The minimum absolute atomic E-state index is 0.152. The second kappa shape index (κ2) is 4.00. The summed E-state index contributed by atoms with van der Waals surface area (Å²) in [5, 5.41) is 0. The molecule has 0 aliphatic rings.